The van der Waals surface area contributed by atoms with E-state index in [1.807, 2.05) is 30.3 Å². The number of rotatable bonds is 5. The lowest BCUT2D eigenvalue weighted by molar-refractivity contribution is 0.114. The van der Waals surface area contributed by atoms with Gasteiger partial charge in [0.15, 0.2) is 5.82 Å². The van der Waals surface area contributed by atoms with Crippen molar-refractivity contribution in [3.63, 3.8) is 0 Å². The van der Waals surface area contributed by atoms with E-state index in [0.717, 1.165) is 24.8 Å². The van der Waals surface area contributed by atoms with Gasteiger partial charge in [-0.2, -0.15) is 0 Å². The largest absolute Gasteiger partial charge is 0.472 e. The van der Waals surface area contributed by atoms with E-state index < -0.39 is 6.09 Å². The molecule has 0 bridgehead atoms. The summed E-state index contributed by atoms with van der Waals surface area (Å²) in [6.45, 7) is 0.190. The molecule has 7 heteroatoms. The normalized spacial score (nSPS) is 14.0. The average molecular weight is 378 g/mol. The number of anilines is 1. The quantitative estimate of drug-likeness (QED) is 0.854. The predicted octanol–water partition coefficient (Wildman–Crippen LogP) is 3.92. The van der Waals surface area contributed by atoms with Crippen LogP contribution in [0.25, 0.3) is 0 Å². The highest BCUT2D eigenvalue weighted by Crippen LogP contribution is 2.28. The fourth-order valence-electron chi connectivity index (χ4n) is 2.02. The Kier molecular flexibility index (Phi) is 5.07. The van der Waals surface area contributed by atoms with Crippen molar-refractivity contribution >= 4 is 27.8 Å². The minimum atomic E-state index is -0.594. The number of benzene rings is 1. The maximum absolute atomic E-state index is 11.9. The Hall–Kier alpha value is -2.15. The van der Waals surface area contributed by atoms with Crippen molar-refractivity contribution in [2.24, 2.45) is 0 Å². The molecule has 1 aromatic heterocycles. The van der Waals surface area contributed by atoms with Crippen LogP contribution in [0.3, 0.4) is 0 Å². The molecule has 1 amide bonds. The summed E-state index contributed by atoms with van der Waals surface area (Å²) in [6, 6.07) is 9.46. The third kappa shape index (κ3) is 4.41. The van der Waals surface area contributed by atoms with E-state index >= 15 is 0 Å². The Bertz CT molecular complexity index is 678. The van der Waals surface area contributed by atoms with Crippen molar-refractivity contribution in [1.82, 2.24) is 9.97 Å². The summed E-state index contributed by atoms with van der Waals surface area (Å²) in [6.07, 6.45) is 4.18. The first-order chi connectivity index (χ1) is 11.2. The van der Waals surface area contributed by atoms with Gasteiger partial charge in [-0.3, -0.25) is 5.32 Å². The molecular formula is C16H16BrN3O3. The summed E-state index contributed by atoms with van der Waals surface area (Å²) >= 11 is 3.26. The van der Waals surface area contributed by atoms with Crippen molar-refractivity contribution < 1.29 is 14.3 Å². The number of carbonyl (C=O) groups excluding carboxylic acids is 1. The summed E-state index contributed by atoms with van der Waals surface area (Å²) in [5, 5.41) is 2.58. The Morgan fingerprint density at radius 2 is 2.09 bits per heavy atom. The number of nitrogens with zero attached hydrogens (tertiary/aromatic N) is 2. The van der Waals surface area contributed by atoms with Crippen LogP contribution in [0.5, 0.6) is 5.88 Å². The van der Waals surface area contributed by atoms with Crippen LogP contribution in [0.2, 0.25) is 0 Å². The average Bonchev–Trinajstić information content (AvgIpc) is 2.52. The lowest BCUT2D eigenvalue weighted by Gasteiger charge is -2.26. The molecule has 3 rings (SSSR count). The summed E-state index contributed by atoms with van der Waals surface area (Å²) in [7, 11) is 0. The van der Waals surface area contributed by atoms with Gasteiger partial charge in [0.05, 0.1) is 6.20 Å². The molecule has 1 fully saturated rings. The summed E-state index contributed by atoms with van der Waals surface area (Å²) in [5.41, 5.74) is 0.912. The zero-order chi connectivity index (χ0) is 16.1. The number of hydrogen-bond donors (Lipinski definition) is 1. The molecule has 1 heterocycles. The number of aromatic nitrogens is 2. The van der Waals surface area contributed by atoms with Crippen molar-refractivity contribution in [1.29, 1.82) is 0 Å². The Balaban J connectivity index is 1.60. The van der Waals surface area contributed by atoms with Gasteiger partial charge in [-0.1, -0.05) is 30.3 Å². The summed E-state index contributed by atoms with van der Waals surface area (Å²) < 4.78 is 11.5. The van der Waals surface area contributed by atoms with Crippen LogP contribution in [-0.2, 0) is 11.3 Å². The molecule has 1 N–H and O–H groups in total. The fraction of sp³-hybridized carbons (Fsp3) is 0.312. The van der Waals surface area contributed by atoms with Crippen LogP contribution >= 0.6 is 15.9 Å². The lowest BCUT2D eigenvalue weighted by atomic mass is 9.96. The molecule has 0 atom stereocenters. The molecular weight excluding hydrogens is 362 g/mol. The highest BCUT2D eigenvalue weighted by atomic mass is 79.9. The predicted molar refractivity (Wildman–Crippen MR) is 88.2 cm³/mol. The summed E-state index contributed by atoms with van der Waals surface area (Å²) in [4.78, 5) is 20.3. The zero-order valence-electron chi connectivity index (χ0n) is 12.4. The first-order valence-corrected chi connectivity index (χ1v) is 8.17. The Morgan fingerprint density at radius 1 is 1.30 bits per heavy atom. The smallest absolute Gasteiger partial charge is 0.413 e. The maximum atomic E-state index is 11.9. The molecule has 1 aromatic carbocycles. The Morgan fingerprint density at radius 3 is 2.78 bits per heavy atom. The summed E-state index contributed by atoms with van der Waals surface area (Å²) in [5.74, 6) is 0.568. The molecule has 0 spiro atoms. The monoisotopic (exact) mass is 377 g/mol. The van der Waals surface area contributed by atoms with E-state index in [4.69, 9.17) is 9.47 Å². The topological polar surface area (TPSA) is 73.3 Å². The van der Waals surface area contributed by atoms with Crippen LogP contribution in [0, 0.1) is 0 Å². The van der Waals surface area contributed by atoms with E-state index in [2.05, 4.69) is 31.2 Å². The second kappa shape index (κ2) is 7.41. The molecule has 0 aliphatic heterocycles. The molecule has 0 radical (unpaired) electrons. The highest BCUT2D eigenvalue weighted by Gasteiger charge is 2.22. The number of hydrogen-bond acceptors (Lipinski definition) is 5. The van der Waals surface area contributed by atoms with Gasteiger partial charge in [0, 0.05) is 0 Å². The third-order valence-electron chi connectivity index (χ3n) is 3.47. The number of halogens is 1. The van der Waals surface area contributed by atoms with E-state index in [0.29, 0.717) is 10.5 Å². The van der Waals surface area contributed by atoms with Crippen LogP contribution < -0.4 is 10.1 Å². The third-order valence-corrected chi connectivity index (χ3v) is 3.86. The molecule has 1 aliphatic rings. The molecule has 120 valence electrons. The van der Waals surface area contributed by atoms with Gasteiger partial charge in [0.25, 0.3) is 5.88 Å². The number of ether oxygens (including phenoxy) is 2. The van der Waals surface area contributed by atoms with Gasteiger partial charge in [-0.25, -0.2) is 14.8 Å². The van der Waals surface area contributed by atoms with Crippen LogP contribution in [0.1, 0.15) is 24.8 Å². The lowest BCUT2D eigenvalue weighted by Crippen LogP contribution is -2.26. The van der Waals surface area contributed by atoms with Crippen molar-refractivity contribution in [2.45, 2.75) is 32.0 Å². The SMILES string of the molecule is O=C(Nc1ncc(Br)nc1OC1CCC1)OCc1ccccc1. The van der Waals surface area contributed by atoms with E-state index in [1.54, 1.807) is 0 Å². The van der Waals surface area contributed by atoms with E-state index in [1.165, 1.54) is 6.20 Å². The minimum Gasteiger partial charge on any atom is -0.472 e. The van der Waals surface area contributed by atoms with E-state index in [-0.39, 0.29) is 18.5 Å². The van der Waals surface area contributed by atoms with E-state index in [9.17, 15) is 4.79 Å². The van der Waals surface area contributed by atoms with Gasteiger partial charge >= 0.3 is 6.09 Å². The zero-order valence-corrected chi connectivity index (χ0v) is 14.0. The highest BCUT2D eigenvalue weighted by molar-refractivity contribution is 9.10. The second-order valence-electron chi connectivity index (χ2n) is 5.20. The van der Waals surface area contributed by atoms with Gasteiger partial charge in [0.2, 0.25) is 0 Å². The minimum absolute atomic E-state index is 0.138. The molecule has 1 saturated carbocycles. The van der Waals surface area contributed by atoms with Crippen LogP contribution in [0.4, 0.5) is 10.6 Å². The number of amides is 1. The van der Waals surface area contributed by atoms with Crippen molar-refractivity contribution in [2.75, 3.05) is 5.32 Å². The van der Waals surface area contributed by atoms with Crippen LogP contribution in [0.15, 0.2) is 41.1 Å². The first-order valence-electron chi connectivity index (χ1n) is 7.37. The van der Waals surface area contributed by atoms with Gasteiger partial charge in [-0.05, 0) is 40.8 Å². The molecule has 1 aliphatic carbocycles. The molecule has 2 aromatic rings. The van der Waals surface area contributed by atoms with Gasteiger partial charge in [-0.15, -0.1) is 0 Å². The molecule has 6 nitrogen and oxygen atoms in total. The fourth-order valence-corrected chi connectivity index (χ4v) is 2.29. The Labute approximate surface area is 142 Å². The van der Waals surface area contributed by atoms with Gasteiger partial charge < -0.3 is 9.47 Å². The van der Waals surface area contributed by atoms with Gasteiger partial charge in [0.1, 0.15) is 17.3 Å². The van der Waals surface area contributed by atoms with Crippen molar-refractivity contribution in [3.8, 4) is 5.88 Å². The second-order valence-corrected chi connectivity index (χ2v) is 6.02. The standard InChI is InChI=1S/C16H16BrN3O3/c17-13-9-18-14(15(19-13)23-12-7-4-8-12)20-16(21)22-10-11-5-2-1-3-6-11/h1-3,5-6,9,12H,4,7-8,10H2,(H,18,20,21). The van der Waals surface area contributed by atoms with Crippen LogP contribution in [-0.4, -0.2) is 22.2 Å². The number of carbonyl (C=O) groups is 1. The number of nitrogens with one attached hydrogen (secondary N) is 1. The first kappa shape index (κ1) is 15.7. The molecule has 0 saturated heterocycles. The maximum Gasteiger partial charge on any atom is 0.413 e. The molecule has 23 heavy (non-hydrogen) atoms. The van der Waals surface area contributed by atoms with Crippen molar-refractivity contribution in [3.05, 3.63) is 46.7 Å². The molecule has 0 unspecified atom stereocenters.